The molecule has 2 heterocycles. The molecule has 0 saturated carbocycles. The first-order valence-electron chi connectivity index (χ1n) is 5.89. The first-order valence-corrected chi connectivity index (χ1v) is 5.89. The second-order valence-corrected chi connectivity index (χ2v) is 4.28. The molecule has 18 heavy (non-hydrogen) atoms. The van der Waals surface area contributed by atoms with Gasteiger partial charge in [0.2, 0.25) is 5.95 Å². The number of nitrogens with zero attached hydrogens (tertiary/aromatic N) is 4. The molecule has 2 rings (SSSR count). The number of hydrogen-bond acceptors (Lipinski definition) is 6. The number of carboxylic acid groups (broad SMARTS) is 1. The summed E-state index contributed by atoms with van der Waals surface area (Å²) in [5, 5.41) is 8.76. The van der Waals surface area contributed by atoms with Crippen LogP contribution in [0.5, 0.6) is 0 Å². The number of hydrogen-bond donors (Lipinski definition) is 2. The lowest BCUT2D eigenvalue weighted by Gasteiger charge is -2.35. The molecule has 0 aliphatic carbocycles. The summed E-state index contributed by atoms with van der Waals surface area (Å²) >= 11 is 0. The van der Waals surface area contributed by atoms with Crippen molar-refractivity contribution in [2.75, 3.05) is 37.6 Å². The molecular weight excluding hydrogens is 234 g/mol. The molecule has 0 spiro atoms. The number of carbonyl (C=O) groups is 1. The Bertz CT molecular complexity index is 392. The summed E-state index contributed by atoms with van der Waals surface area (Å²) in [5.74, 6) is -0.233. The van der Waals surface area contributed by atoms with Gasteiger partial charge >= 0.3 is 5.97 Å². The molecule has 98 valence electrons. The van der Waals surface area contributed by atoms with E-state index in [0.29, 0.717) is 6.54 Å². The van der Waals surface area contributed by atoms with Crippen molar-refractivity contribution in [2.45, 2.75) is 6.04 Å². The maximum Gasteiger partial charge on any atom is 0.321 e. The highest BCUT2D eigenvalue weighted by Gasteiger charge is 2.22. The minimum atomic E-state index is -0.955. The van der Waals surface area contributed by atoms with Crippen molar-refractivity contribution < 1.29 is 9.90 Å². The van der Waals surface area contributed by atoms with E-state index in [2.05, 4.69) is 19.8 Å². The van der Waals surface area contributed by atoms with Gasteiger partial charge in [-0.05, 0) is 6.07 Å². The average Bonchev–Trinajstić information content (AvgIpc) is 2.40. The van der Waals surface area contributed by atoms with Crippen molar-refractivity contribution in [3.63, 3.8) is 0 Å². The Kier molecular flexibility index (Phi) is 4.06. The standard InChI is InChI=1S/C11H17N5O2/c12-9(10(17)18)8-15-4-6-16(7-5-15)11-13-2-1-3-14-11/h1-3,9H,4-8,12H2,(H,17,18). The maximum absolute atomic E-state index is 10.7. The lowest BCUT2D eigenvalue weighted by Crippen LogP contribution is -2.51. The first-order chi connectivity index (χ1) is 8.66. The largest absolute Gasteiger partial charge is 0.480 e. The summed E-state index contributed by atoms with van der Waals surface area (Å²) in [7, 11) is 0. The third kappa shape index (κ3) is 3.14. The van der Waals surface area contributed by atoms with Crippen LogP contribution in [0.2, 0.25) is 0 Å². The topological polar surface area (TPSA) is 95.6 Å². The molecule has 1 aliphatic heterocycles. The summed E-state index contributed by atoms with van der Waals surface area (Å²) in [5.41, 5.74) is 5.51. The lowest BCUT2D eigenvalue weighted by atomic mass is 10.2. The van der Waals surface area contributed by atoms with Crippen LogP contribution in [0, 0.1) is 0 Å². The molecule has 1 aliphatic rings. The summed E-state index contributed by atoms with van der Waals surface area (Å²) in [4.78, 5) is 23.2. The second kappa shape index (κ2) is 5.74. The minimum Gasteiger partial charge on any atom is -0.480 e. The van der Waals surface area contributed by atoms with E-state index >= 15 is 0 Å². The van der Waals surface area contributed by atoms with Crippen LogP contribution in [-0.2, 0) is 4.79 Å². The quantitative estimate of drug-likeness (QED) is 0.709. The number of aliphatic carboxylic acids is 1. The van der Waals surface area contributed by atoms with Crippen LogP contribution >= 0.6 is 0 Å². The molecule has 0 amide bonds. The van der Waals surface area contributed by atoms with E-state index in [0.717, 1.165) is 32.1 Å². The fourth-order valence-corrected chi connectivity index (χ4v) is 1.94. The third-order valence-electron chi connectivity index (χ3n) is 2.98. The molecule has 1 atom stereocenters. The van der Waals surface area contributed by atoms with Gasteiger partial charge in [0.05, 0.1) is 0 Å². The van der Waals surface area contributed by atoms with Gasteiger partial charge in [0.25, 0.3) is 0 Å². The summed E-state index contributed by atoms with van der Waals surface area (Å²) in [6.45, 7) is 3.52. The van der Waals surface area contributed by atoms with Gasteiger partial charge in [0, 0.05) is 45.1 Å². The number of nitrogens with two attached hydrogens (primary N) is 1. The van der Waals surface area contributed by atoms with E-state index in [1.54, 1.807) is 18.5 Å². The zero-order valence-electron chi connectivity index (χ0n) is 10.1. The van der Waals surface area contributed by atoms with E-state index in [1.165, 1.54) is 0 Å². The maximum atomic E-state index is 10.7. The van der Waals surface area contributed by atoms with Gasteiger partial charge in [-0.25, -0.2) is 9.97 Å². The van der Waals surface area contributed by atoms with E-state index in [1.807, 2.05) is 0 Å². The molecule has 1 unspecified atom stereocenters. The Labute approximate surface area is 105 Å². The van der Waals surface area contributed by atoms with E-state index in [4.69, 9.17) is 10.8 Å². The number of rotatable bonds is 4. The highest BCUT2D eigenvalue weighted by molar-refractivity contribution is 5.73. The van der Waals surface area contributed by atoms with E-state index < -0.39 is 12.0 Å². The van der Waals surface area contributed by atoms with Crippen molar-refractivity contribution in [1.29, 1.82) is 0 Å². The van der Waals surface area contributed by atoms with Gasteiger partial charge in [-0.3, -0.25) is 9.69 Å². The molecule has 7 nitrogen and oxygen atoms in total. The SMILES string of the molecule is NC(CN1CCN(c2ncccn2)CC1)C(=O)O. The molecule has 1 aromatic rings. The third-order valence-corrected chi connectivity index (χ3v) is 2.98. The van der Waals surface area contributed by atoms with Gasteiger partial charge < -0.3 is 15.7 Å². The van der Waals surface area contributed by atoms with Crippen LogP contribution in [0.25, 0.3) is 0 Å². The number of aromatic nitrogens is 2. The van der Waals surface area contributed by atoms with Crippen LogP contribution in [0.3, 0.4) is 0 Å². The highest BCUT2D eigenvalue weighted by atomic mass is 16.4. The molecule has 3 N–H and O–H groups in total. The van der Waals surface area contributed by atoms with Crippen LogP contribution < -0.4 is 10.6 Å². The van der Waals surface area contributed by atoms with Crippen LogP contribution in [0.1, 0.15) is 0 Å². The molecular formula is C11H17N5O2. The molecule has 1 saturated heterocycles. The number of piperazine rings is 1. The van der Waals surface area contributed by atoms with Gasteiger partial charge in [0.1, 0.15) is 6.04 Å². The van der Waals surface area contributed by atoms with Gasteiger partial charge in [0.15, 0.2) is 0 Å². The first kappa shape index (κ1) is 12.7. The smallest absolute Gasteiger partial charge is 0.321 e. The van der Waals surface area contributed by atoms with Crippen LogP contribution in [-0.4, -0.2) is 64.7 Å². The predicted molar refractivity (Wildman–Crippen MR) is 66.3 cm³/mol. The molecule has 0 aromatic carbocycles. The fourth-order valence-electron chi connectivity index (χ4n) is 1.94. The van der Waals surface area contributed by atoms with Crippen molar-refractivity contribution in [1.82, 2.24) is 14.9 Å². The predicted octanol–water partition coefficient (Wildman–Crippen LogP) is -0.989. The molecule has 1 fully saturated rings. The van der Waals surface area contributed by atoms with Crippen LogP contribution in [0.4, 0.5) is 5.95 Å². The average molecular weight is 251 g/mol. The van der Waals surface area contributed by atoms with Crippen molar-refractivity contribution in [2.24, 2.45) is 5.73 Å². The molecule has 0 bridgehead atoms. The molecule has 7 heteroatoms. The number of carboxylic acids is 1. The highest BCUT2D eigenvalue weighted by Crippen LogP contribution is 2.09. The molecule has 0 radical (unpaired) electrons. The van der Waals surface area contributed by atoms with Crippen LogP contribution in [0.15, 0.2) is 18.5 Å². The van der Waals surface area contributed by atoms with Gasteiger partial charge in [-0.2, -0.15) is 0 Å². The Morgan fingerprint density at radius 2 is 1.94 bits per heavy atom. The van der Waals surface area contributed by atoms with Crippen molar-refractivity contribution in [3.05, 3.63) is 18.5 Å². The Morgan fingerprint density at radius 1 is 1.33 bits per heavy atom. The molecule has 1 aromatic heterocycles. The van der Waals surface area contributed by atoms with Gasteiger partial charge in [-0.1, -0.05) is 0 Å². The number of anilines is 1. The zero-order chi connectivity index (χ0) is 13.0. The van der Waals surface area contributed by atoms with Crippen molar-refractivity contribution >= 4 is 11.9 Å². The van der Waals surface area contributed by atoms with Crippen molar-refractivity contribution in [3.8, 4) is 0 Å². The Morgan fingerprint density at radius 3 is 2.50 bits per heavy atom. The Hall–Kier alpha value is -1.73. The summed E-state index contributed by atoms with van der Waals surface area (Å²) in [6.07, 6.45) is 3.43. The Balaban J connectivity index is 1.83. The lowest BCUT2D eigenvalue weighted by molar-refractivity contribution is -0.139. The monoisotopic (exact) mass is 251 g/mol. The second-order valence-electron chi connectivity index (χ2n) is 4.28. The van der Waals surface area contributed by atoms with Gasteiger partial charge in [-0.15, -0.1) is 0 Å². The summed E-state index contributed by atoms with van der Waals surface area (Å²) in [6, 6.07) is 0.968. The minimum absolute atomic E-state index is 0.388. The zero-order valence-corrected chi connectivity index (χ0v) is 10.1. The fraction of sp³-hybridized carbons (Fsp3) is 0.545. The summed E-state index contributed by atoms with van der Waals surface area (Å²) < 4.78 is 0. The van der Waals surface area contributed by atoms with E-state index in [-0.39, 0.29) is 0 Å². The van der Waals surface area contributed by atoms with E-state index in [9.17, 15) is 4.79 Å². The normalized spacial score (nSPS) is 18.6.